The van der Waals surface area contributed by atoms with E-state index in [-0.39, 0.29) is 60.7 Å². The summed E-state index contributed by atoms with van der Waals surface area (Å²) in [6, 6.07) is 0.612. The molecule has 27 heavy (non-hydrogen) atoms. The molecule has 2 heterocycles. The first-order valence-corrected chi connectivity index (χ1v) is 7.82. The maximum absolute atomic E-state index is 12.6. The molecule has 154 valence electrons. The van der Waals surface area contributed by atoms with Gasteiger partial charge in [-0.1, -0.05) is 11.6 Å². The molecular formula is C14H19Cl3F3N5O2. The summed E-state index contributed by atoms with van der Waals surface area (Å²) < 4.78 is 37.9. The predicted octanol–water partition coefficient (Wildman–Crippen LogP) is 1.37. The number of carbonyl (C=O) groups excluding carboxylic acids is 2. The van der Waals surface area contributed by atoms with E-state index in [1.54, 1.807) is 4.90 Å². The molecule has 7 nitrogen and oxygen atoms in total. The number of pyridine rings is 1. The Morgan fingerprint density at radius 2 is 2.00 bits per heavy atom. The summed E-state index contributed by atoms with van der Waals surface area (Å²) in [5.74, 6) is -0.577. The van der Waals surface area contributed by atoms with Gasteiger partial charge in [-0.15, -0.1) is 24.8 Å². The summed E-state index contributed by atoms with van der Waals surface area (Å²) >= 11 is 5.92. The van der Waals surface area contributed by atoms with Gasteiger partial charge in [0.05, 0.1) is 23.7 Å². The van der Waals surface area contributed by atoms with Gasteiger partial charge in [-0.2, -0.15) is 13.2 Å². The van der Waals surface area contributed by atoms with Crippen LogP contribution >= 0.6 is 36.4 Å². The van der Waals surface area contributed by atoms with Gasteiger partial charge in [0.25, 0.3) is 0 Å². The summed E-state index contributed by atoms with van der Waals surface area (Å²) in [4.78, 5) is 28.2. The van der Waals surface area contributed by atoms with Crippen LogP contribution in [0.1, 0.15) is 12.0 Å². The fourth-order valence-electron chi connectivity index (χ4n) is 2.42. The number of alkyl halides is 3. The van der Waals surface area contributed by atoms with E-state index < -0.39 is 17.6 Å². The molecule has 0 aliphatic carbocycles. The highest BCUT2D eigenvalue weighted by Gasteiger charge is 2.33. The first kappa shape index (κ1) is 25.5. The Balaban J connectivity index is 0.00000338. The van der Waals surface area contributed by atoms with Crippen molar-refractivity contribution in [2.75, 3.05) is 31.1 Å². The second-order valence-electron chi connectivity index (χ2n) is 5.51. The van der Waals surface area contributed by atoms with Crippen LogP contribution in [0.4, 0.5) is 19.0 Å². The lowest BCUT2D eigenvalue weighted by Gasteiger charge is -2.20. The van der Waals surface area contributed by atoms with Gasteiger partial charge in [0.15, 0.2) is 0 Å². The van der Waals surface area contributed by atoms with E-state index in [0.717, 1.165) is 12.3 Å². The van der Waals surface area contributed by atoms with Gasteiger partial charge in [-0.3, -0.25) is 9.59 Å². The number of carbonyl (C=O) groups is 2. The average molecular weight is 453 g/mol. The van der Waals surface area contributed by atoms with E-state index in [0.29, 0.717) is 19.5 Å². The lowest BCUT2D eigenvalue weighted by molar-refractivity contribution is -0.137. The maximum atomic E-state index is 12.6. The molecule has 0 aromatic carbocycles. The van der Waals surface area contributed by atoms with Crippen LogP contribution in [0, 0.1) is 0 Å². The molecule has 0 spiro atoms. The summed E-state index contributed by atoms with van der Waals surface area (Å²) in [5.41, 5.74) is 4.20. The molecule has 1 fully saturated rings. The van der Waals surface area contributed by atoms with Crippen molar-refractivity contribution in [2.45, 2.75) is 18.6 Å². The molecule has 2 amide bonds. The molecule has 1 unspecified atom stereocenters. The number of rotatable bonds is 5. The number of nitrogens with two attached hydrogens (primary N) is 1. The standard InChI is InChI=1S/C14H17ClF3N5O2.2ClH/c15-10-3-8(14(16,17)18)5-21-13(10)23-2-1-9(7-23)22-12(25)6-20-11(24)4-19;;/h3,5,9H,1-2,4,6-7,19H2,(H,20,24)(H,22,25);2*1H. The van der Waals surface area contributed by atoms with Gasteiger partial charge in [0, 0.05) is 25.3 Å². The monoisotopic (exact) mass is 451 g/mol. The summed E-state index contributed by atoms with van der Waals surface area (Å²) in [6.07, 6.45) is -3.20. The molecule has 1 atom stereocenters. The fraction of sp³-hybridized carbons (Fsp3) is 0.500. The highest BCUT2D eigenvalue weighted by Crippen LogP contribution is 2.34. The lowest BCUT2D eigenvalue weighted by atomic mass is 10.2. The van der Waals surface area contributed by atoms with Crippen LogP contribution in [0.25, 0.3) is 0 Å². The number of hydrogen-bond donors (Lipinski definition) is 3. The maximum Gasteiger partial charge on any atom is 0.417 e. The highest BCUT2D eigenvalue weighted by atomic mass is 35.5. The van der Waals surface area contributed by atoms with Crippen LogP contribution in [0.2, 0.25) is 5.02 Å². The zero-order valence-electron chi connectivity index (χ0n) is 13.9. The molecule has 1 saturated heterocycles. The SMILES string of the molecule is Cl.Cl.NCC(=O)NCC(=O)NC1CCN(c2ncc(C(F)(F)F)cc2Cl)C1. The van der Waals surface area contributed by atoms with Gasteiger partial charge in [-0.25, -0.2) is 4.98 Å². The summed E-state index contributed by atoms with van der Waals surface area (Å²) in [6.45, 7) is 0.446. The van der Waals surface area contributed by atoms with Crippen molar-refractivity contribution >= 4 is 54.0 Å². The van der Waals surface area contributed by atoms with Crippen LogP contribution in [0.5, 0.6) is 0 Å². The van der Waals surface area contributed by atoms with Gasteiger partial charge >= 0.3 is 6.18 Å². The van der Waals surface area contributed by atoms with E-state index in [9.17, 15) is 22.8 Å². The number of nitrogens with one attached hydrogen (secondary N) is 2. The summed E-state index contributed by atoms with van der Waals surface area (Å²) in [7, 11) is 0. The smallest absolute Gasteiger partial charge is 0.353 e. The van der Waals surface area contributed by atoms with Crippen molar-refractivity contribution in [3.05, 3.63) is 22.8 Å². The molecule has 0 radical (unpaired) electrons. The Morgan fingerprint density at radius 1 is 1.33 bits per heavy atom. The number of halogens is 6. The molecule has 4 N–H and O–H groups in total. The van der Waals surface area contributed by atoms with Crippen molar-refractivity contribution in [2.24, 2.45) is 5.73 Å². The molecule has 0 bridgehead atoms. The Labute approximate surface area is 171 Å². The Bertz CT molecular complexity index is 663. The predicted molar refractivity (Wildman–Crippen MR) is 99.6 cm³/mol. The normalized spacial score (nSPS) is 16.2. The molecule has 1 aliphatic heterocycles. The van der Waals surface area contributed by atoms with Gasteiger partial charge in [0.2, 0.25) is 11.8 Å². The second kappa shape index (κ2) is 10.7. The van der Waals surface area contributed by atoms with Crippen molar-refractivity contribution < 1.29 is 22.8 Å². The van der Waals surface area contributed by atoms with Gasteiger partial charge in [-0.05, 0) is 12.5 Å². The van der Waals surface area contributed by atoms with Crippen molar-refractivity contribution in [3.63, 3.8) is 0 Å². The number of hydrogen-bond acceptors (Lipinski definition) is 5. The van der Waals surface area contributed by atoms with E-state index in [4.69, 9.17) is 17.3 Å². The zero-order chi connectivity index (χ0) is 18.6. The topological polar surface area (TPSA) is 100 Å². The molecule has 13 heteroatoms. The summed E-state index contributed by atoms with van der Waals surface area (Å²) in [5, 5.41) is 4.97. The van der Waals surface area contributed by atoms with Crippen LogP contribution < -0.4 is 21.3 Å². The fourth-order valence-corrected chi connectivity index (χ4v) is 2.70. The van der Waals surface area contributed by atoms with Crippen molar-refractivity contribution in [1.29, 1.82) is 0 Å². The zero-order valence-corrected chi connectivity index (χ0v) is 16.3. The number of anilines is 1. The molecule has 1 aliphatic rings. The average Bonchev–Trinajstić information content (AvgIpc) is 2.99. The first-order chi connectivity index (χ1) is 11.7. The minimum atomic E-state index is -4.51. The minimum Gasteiger partial charge on any atom is -0.353 e. The highest BCUT2D eigenvalue weighted by molar-refractivity contribution is 6.33. The van der Waals surface area contributed by atoms with E-state index in [2.05, 4.69) is 15.6 Å². The van der Waals surface area contributed by atoms with Gasteiger partial charge < -0.3 is 21.3 Å². The van der Waals surface area contributed by atoms with Crippen LogP contribution in [-0.4, -0.2) is 49.0 Å². The number of aromatic nitrogens is 1. The minimum absolute atomic E-state index is 0. The third-order valence-electron chi connectivity index (χ3n) is 3.63. The van der Waals surface area contributed by atoms with Crippen molar-refractivity contribution in [1.82, 2.24) is 15.6 Å². The molecule has 1 aromatic rings. The van der Waals surface area contributed by atoms with Gasteiger partial charge in [0.1, 0.15) is 5.82 Å². The van der Waals surface area contributed by atoms with E-state index in [1.807, 2.05) is 0 Å². The van der Waals surface area contributed by atoms with Crippen LogP contribution in [0.3, 0.4) is 0 Å². The van der Waals surface area contributed by atoms with Crippen molar-refractivity contribution in [3.8, 4) is 0 Å². The quantitative estimate of drug-likeness (QED) is 0.626. The Morgan fingerprint density at radius 3 is 2.56 bits per heavy atom. The largest absolute Gasteiger partial charge is 0.417 e. The molecule has 0 saturated carbocycles. The van der Waals surface area contributed by atoms with E-state index >= 15 is 0 Å². The third-order valence-corrected chi connectivity index (χ3v) is 3.91. The molecular weight excluding hydrogens is 434 g/mol. The van der Waals surface area contributed by atoms with E-state index in [1.165, 1.54) is 0 Å². The second-order valence-corrected chi connectivity index (χ2v) is 5.91. The molecule has 1 aromatic heterocycles. The van der Waals surface area contributed by atoms with Crippen LogP contribution in [0.15, 0.2) is 12.3 Å². The number of nitrogens with zero attached hydrogens (tertiary/aromatic N) is 2. The molecule has 2 rings (SSSR count). The Hall–Kier alpha value is -1.49. The first-order valence-electron chi connectivity index (χ1n) is 7.44. The number of amides is 2. The van der Waals surface area contributed by atoms with Crippen LogP contribution in [-0.2, 0) is 15.8 Å². The lowest BCUT2D eigenvalue weighted by Crippen LogP contribution is -2.44. The Kier molecular flexibility index (Phi) is 10.2. The third kappa shape index (κ3) is 7.21.